The van der Waals surface area contributed by atoms with Crippen molar-refractivity contribution in [1.82, 2.24) is 0 Å². The van der Waals surface area contributed by atoms with E-state index in [4.69, 9.17) is 10.00 Å². The predicted molar refractivity (Wildman–Crippen MR) is 91.6 cm³/mol. The highest BCUT2D eigenvalue weighted by Crippen LogP contribution is 2.28. The van der Waals surface area contributed by atoms with Crippen molar-refractivity contribution in [2.75, 3.05) is 5.32 Å². The highest BCUT2D eigenvalue weighted by atomic mass is 32.2. The van der Waals surface area contributed by atoms with Crippen LogP contribution in [0.2, 0.25) is 0 Å². The summed E-state index contributed by atoms with van der Waals surface area (Å²) in [5, 5.41) is 11.5. The number of hydrogen-bond donors (Lipinski definition) is 1. The second-order valence-corrected chi connectivity index (χ2v) is 7.04. The molecule has 0 spiro atoms. The van der Waals surface area contributed by atoms with Crippen LogP contribution in [-0.2, 0) is 4.74 Å². The molecule has 0 saturated heterocycles. The van der Waals surface area contributed by atoms with Crippen LogP contribution < -0.4 is 5.32 Å². The number of ether oxygens (including phenoxy) is 1. The molecule has 0 aromatic heterocycles. The molecule has 118 valence electrons. The third-order valence-electron chi connectivity index (χ3n) is 2.72. The summed E-state index contributed by atoms with van der Waals surface area (Å²) in [6, 6.07) is 17.0. The van der Waals surface area contributed by atoms with E-state index in [0.717, 1.165) is 9.79 Å². The Labute approximate surface area is 140 Å². The monoisotopic (exact) mass is 326 g/mol. The molecule has 0 aliphatic heterocycles. The van der Waals surface area contributed by atoms with Crippen molar-refractivity contribution in [3.63, 3.8) is 0 Å². The summed E-state index contributed by atoms with van der Waals surface area (Å²) in [7, 11) is 0. The van der Waals surface area contributed by atoms with Gasteiger partial charge in [0.1, 0.15) is 5.60 Å². The second kappa shape index (κ2) is 7.21. The highest BCUT2D eigenvalue weighted by molar-refractivity contribution is 7.99. The molecule has 5 heteroatoms. The third-order valence-corrected chi connectivity index (χ3v) is 3.73. The molecule has 0 bridgehead atoms. The van der Waals surface area contributed by atoms with E-state index in [1.807, 2.05) is 57.2 Å². The maximum atomic E-state index is 11.7. The van der Waals surface area contributed by atoms with Gasteiger partial charge in [-0.3, -0.25) is 5.32 Å². The molecule has 0 heterocycles. The Hall–Kier alpha value is -2.45. The Balaban J connectivity index is 1.96. The summed E-state index contributed by atoms with van der Waals surface area (Å²) < 4.78 is 5.21. The number of nitrogens with zero attached hydrogens (tertiary/aromatic N) is 1. The Kier molecular flexibility index (Phi) is 5.30. The summed E-state index contributed by atoms with van der Waals surface area (Å²) in [4.78, 5) is 13.8. The topological polar surface area (TPSA) is 62.1 Å². The van der Waals surface area contributed by atoms with Crippen molar-refractivity contribution >= 4 is 23.5 Å². The van der Waals surface area contributed by atoms with Crippen LogP contribution in [0, 0.1) is 11.3 Å². The fourth-order valence-electron chi connectivity index (χ4n) is 1.76. The van der Waals surface area contributed by atoms with E-state index in [-0.39, 0.29) is 0 Å². The van der Waals surface area contributed by atoms with Crippen LogP contribution in [0.15, 0.2) is 58.3 Å². The van der Waals surface area contributed by atoms with E-state index < -0.39 is 11.7 Å². The van der Waals surface area contributed by atoms with Crippen molar-refractivity contribution in [2.45, 2.75) is 36.2 Å². The molecule has 2 aromatic rings. The summed E-state index contributed by atoms with van der Waals surface area (Å²) in [6.45, 7) is 5.47. The molecule has 0 saturated carbocycles. The quantitative estimate of drug-likeness (QED) is 0.856. The van der Waals surface area contributed by atoms with E-state index in [0.29, 0.717) is 11.3 Å². The molecular weight excluding hydrogens is 308 g/mol. The van der Waals surface area contributed by atoms with E-state index in [1.54, 1.807) is 23.9 Å². The molecule has 0 fully saturated rings. The minimum atomic E-state index is -0.518. The van der Waals surface area contributed by atoms with Gasteiger partial charge in [-0.15, -0.1) is 0 Å². The molecule has 0 aliphatic rings. The molecule has 1 N–H and O–H groups in total. The molecule has 0 atom stereocenters. The highest BCUT2D eigenvalue weighted by Gasteiger charge is 2.16. The van der Waals surface area contributed by atoms with Gasteiger partial charge in [-0.2, -0.15) is 5.26 Å². The number of carbonyl (C=O) groups is 1. The van der Waals surface area contributed by atoms with Crippen LogP contribution in [0.5, 0.6) is 0 Å². The first kappa shape index (κ1) is 16.9. The van der Waals surface area contributed by atoms with Gasteiger partial charge in [-0.25, -0.2) is 4.79 Å². The van der Waals surface area contributed by atoms with Crippen LogP contribution in [-0.4, -0.2) is 11.7 Å². The van der Waals surface area contributed by atoms with E-state index in [9.17, 15) is 4.79 Å². The standard InChI is InChI=1S/C18H18N2O2S/c1-18(2,3)22-17(21)20-14-6-10-16(11-7-14)23-15-8-4-13(12-19)5-9-15/h4-11H,1-3H3,(H,20,21). The average Bonchev–Trinajstić information content (AvgIpc) is 2.48. The van der Waals surface area contributed by atoms with Crippen molar-refractivity contribution in [1.29, 1.82) is 5.26 Å². The van der Waals surface area contributed by atoms with Gasteiger partial charge < -0.3 is 4.74 Å². The summed E-state index contributed by atoms with van der Waals surface area (Å²) in [6.07, 6.45) is -0.468. The van der Waals surface area contributed by atoms with E-state index in [1.165, 1.54) is 0 Å². The van der Waals surface area contributed by atoms with Crippen LogP contribution in [0.1, 0.15) is 26.3 Å². The first-order chi connectivity index (χ1) is 10.9. The lowest BCUT2D eigenvalue weighted by molar-refractivity contribution is 0.0636. The number of rotatable bonds is 3. The number of benzene rings is 2. The van der Waals surface area contributed by atoms with E-state index in [2.05, 4.69) is 11.4 Å². The lowest BCUT2D eigenvalue weighted by atomic mass is 10.2. The zero-order chi connectivity index (χ0) is 16.9. The minimum Gasteiger partial charge on any atom is -0.444 e. The maximum absolute atomic E-state index is 11.7. The molecule has 2 aromatic carbocycles. The lowest BCUT2D eigenvalue weighted by Gasteiger charge is -2.19. The molecule has 2 rings (SSSR count). The van der Waals surface area contributed by atoms with Crippen molar-refractivity contribution < 1.29 is 9.53 Å². The Bertz CT molecular complexity index is 711. The molecule has 0 unspecified atom stereocenters. The zero-order valence-corrected chi connectivity index (χ0v) is 14.1. The lowest BCUT2D eigenvalue weighted by Crippen LogP contribution is -2.27. The normalized spacial score (nSPS) is 10.7. The predicted octanol–water partition coefficient (Wildman–Crippen LogP) is 5.06. The van der Waals surface area contributed by atoms with Crippen LogP contribution >= 0.6 is 11.8 Å². The number of anilines is 1. The maximum Gasteiger partial charge on any atom is 0.412 e. The fourth-order valence-corrected chi connectivity index (χ4v) is 2.58. The molecular formula is C18H18N2O2S. The van der Waals surface area contributed by atoms with Crippen molar-refractivity contribution in [3.8, 4) is 6.07 Å². The Morgan fingerprint density at radius 1 is 1.04 bits per heavy atom. The number of amides is 1. The first-order valence-corrected chi connectivity index (χ1v) is 7.95. The molecule has 4 nitrogen and oxygen atoms in total. The van der Waals surface area contributed by atoms with Gasteiger partial charge in [0.05, 0.1) is 11.6 Å². The number of hydrogen-bond acceptors (Lipinski definition) is 4. The average molecular weight is 326 g/mol. The van der Waals surface area contributed by atoms with Gasteiger partial charge in [-0.05, 0) is 69.3 Å². The largest absolute Gasteiger partial charge is 0.444 e. The molecule has 0 radical (unpaired) electrons. The number of carbonyl (C=O) groups excluding carboxylic acids is 1. The molecule has 0 aliphatic carbocycles. The summed E-state index contributed by atoms with van der Waals surface area (Å²) in [5.74, 6) is 0. The molecule has 1 amide bonds. The first-order valence-electron chi connectivity index (χ1n) is 7.14. The fraction of sp³-hybridized carbons (Fsp3) is 0.222. The summed E-state index contributed by atoms with van der Waals surface area (Å²) in [5.41, 5.74) is 0.810. The van der Waals surface area contributed by atoms with Gasteiger partial charge in [0, 0.05) is 15.5 Å². The second-order valence-electron chi connectivity index (χ2n) is 5.89. The van der Waals surface area contributed by atoms with Gasteiger partial charge in [0.2, 0.25) is 0 Å². The summed E-state index contributed by atoms with van der Waals surface area (Å²) >= 11 is 1.59. The van der Waals surface area contributed by atoms with Crippen molar-refractivity contribution in [2.24, 2.45) is 0 Å². The SMILES string of the molecule is CC(C)(C)OC(=O)Nc1ccc(Sc2ccc(C#N)cc2)cc1. The van der Waals surface area contributed by atoms with E-state index >= 15 is 0 Å². The van der Waals surface area contributed by atoms with Gasteiger partial charge >= 0.3 is 6.09 Å². The number of nitriles is 1. The smallest absolute Gasteiger partial charge is 0.412 e. The Morgan fingerprint density at radius 2 is 1.57 bits per heavy atom. The third kappa shape index (κ3) is 5.68. The van der Waals surface area contributed by atoms with Crippen LogP contribution in [0.3, 0.4) is 0 Å². The van der Waals surface area contributed by atoms with Crippen LogP contribution in [0.4, 0.5) is 10.5 Å². The van der Waals surface area contributed by atoms with Crippen molar-refractivity contribution in [3.05, 3.63) is 54.1 Å². The van der Waals surface area contributed by atoms with Gasteiger partial charge in [-0.1, -0.05) is 11.8 Å². The number of nitrogens with one attached hydrogen (secondary N) is 1. The Morgan fingerprint density at radius 3 is 2.04 bits per heavy atom. The minimum absolute atomic E-state index is 0.468. The van der Waals surface area contributed by atoms with Gasteiger partial charge in [0.15, 0.2) is 0 Å². The van der Waals surface area contributed by atoms with Gasteiger partial charge in [0.25, 0.3) is 0 Å². The molecule has 23 heavy (non-hydrogen) atoms. The van der Waals surface area contributed by atoms with Crippen LogP contribution in [0.25, 0.3) is 0 Å². The zero-order valence-electron chi connectivity index (χ0n) is 13.3.